The van der Waals surface area contributed by atoms with E-state index in [4.69, 9.17) is 11.6 Å². The summed E-state index contributed by atoms with van der Waals surface area (Å²) in [5.41, 5.74) is 4.05. The standard InChI is InChI=1S/C22H25ClN6O/c1-15-19(16(2)29(27-15)18-8-4-3-5-9-18)13-24-22(30)17-7-6-12-28(14-17)21-11-10-20(23)25-26-21/h3-5,8-11,17H,6-7,12-14H2,1-2H3,(H,24,30). The summed E-state index contributed by atoms with van der Waals surface area (Å²) in [6.45, 7) is 5.98. The number of carbonyl (C=O) groups excluding carboxylic acids is 1. The first-order chi connectivity index (χ1) is 14.5. The van der Waals surface area contributed by atoms with Crippen LogP contribution in [0.15, 0.2) is 42.5 Å². The number of anilines is 1. The predicted molar refractivity (Wildman–Crippen MR) is 117 cm³/mol. The van der Waals surface area contributed by atoms with Gasteiger partial charge < -0.3 is 10.2 Å². The number of piperidine rings is 1. The van der Waals surface area contributed by atoms with Crippen LogP contribution in [0.5, 0.6) is 0 Å². The van der Waals surface area contributed by atoms with Gasteiger partial charge in [-0.25, -0.2) is 4.68 Å². The second-order valence-electron chi connectivity index (χ2n) is 7.61. The molecule has 7 nitrogen and oxygen atoms in total. The Morgan fingerprint density at radius 3 is 2.70 bits per heavy atom. The van der Waals surface area contributed by atoms with Crippen LogP contribution >= 0.6 is 11.6 Å². The molecule has 30 heavy (non-hydrogen) atoms. The predicted octanol–water partition coefficient (Wildman–Crippen LogP) is 3.47. The molecule has 3 aromatic rings. The lowest BCUT2D eigenvalue weighted by atomic mass is 9.97. The third-order valence-corrected chi connectivity index (χ3v) is 5.82. The molecule has 1 saturated heterocycles. The Bertz CT molecular complexity index is 1020. The van der Waals surface area contributed by atoms with Crippen molar-refractivity contribution in [3.05, 3.63) is 64.6 Å². The fourth-order valence-electron chi connectivity index (χ4n) is 3.95. The van der Waals surface area contributed by atoms with Crippen LogP contribution in [-0.4, -0.2) is 39.0 Å². The van der Waals surface area contributed by atoms with Gasteiger partial charge in [-0.05, 0) is 51.0 Å². The maximum Gasteiger partial charge on any atom is 0.225 e. The van der Waals surface area contributed by atoms with Gasteiger partial charge >= 0.3 is 0 Å². The van der Waals surface area contributed by atoms with E-state index in [1.54, 1.807) is 6.07 Å². The third kappa shape index (κ3) is 4.31. The van der Waals surface area contributed by atoms with Gasteiger partial charge in [-0.15, -0.1) is 10.2 Å². The van der Waals surface area contributed by atoms with Gasteiger partial charge in [0.25, 0.3) is 0 Å². The molecule has 1 aliphatic heterocycles. The lowest BCUT2D eigenvalue weighted by molar-refractivity contribution is -0.125. The Morgan fingerprint density at radius 1 is 1.17 bits per heavy atom. The topological polar surface area (TPSA) is 75.9 Å². The zero-order valence-electron chi connectivity index (χ0n) is 17.2. The van der Waals surface area contributed by atoms with E-state index < -0.39 is 0 Å². The van der Waals surface area contributed by atoms with Gasteiger partial charge in [0, 0.05) is 30.9 Å². The number of amides is 1. The Hall–Kier alpha value is -2.93. The molecule has 0 bridgehead atoms. The SMILES string of the molecule is Cc1nn(-c2ccccc2)c(C)c1CNC(=O)C1CCCN(c2ccc(Cl)nn2)C1. The molecule has 1 N–H and O–H groups in total. The third-order valence-electron chi connectivity index (χ3n) is 5.62. The summed E-state index contributed by atoms with van der Waals surface area (Å²) < 4.78 is 1.93. The zero-order chi connectivity index (χ0) is 21.1. The average Bonchev–Trinajstić information content (AvgIpc) is 3.06. The summed E-state index contributed by atoms with van der Waals surface area (Å²) >= 11 is 5.83. The van der Waals surface area contributed by atoms with Crippen LogP contribution in [0, 0.1) is 19.8 Å². The van der Waals surface area contributed by atoms with Crippen molar-refractivity contribution in [2.75, 3.05) is 18.0 Å². The molecule has 1 atom stereocenters. The van der Waals surface area contributed by atoms with Crippen molar-refractivity contribution in [3.8, 4) is 5.69 Å². The maximum absolute atomic E-state index is 12.9. The Morgan fingerprint density at radius 2 is 1.97 bits per heavy atom. The quantitative estimate of drug-likeness (QED) is 0.678. The monoisotopic (exact) mass is 424 g/mol. The normalized spacial score (nSPS) is 16.5. The smallest absolute Gasteiger partial charge is 0.225 e. The summed E-state index contributed by atoms with van der Waals surface area (Å²) in [5.74, 6) is 0.738. The Kier molecular flexibility index (Phi) is 5.99. The minimum absolute atomic E-state index is 0.0629. The van der Waals surface area contributed by atoms with Crippen LogP contribution in [0.4, 0.5) is 5.82 Å². The molecular formula is C22H25ClN6O. The number of nitrogens with zero attached hydrogens (tertiary/aromatic N) is 5. The number of hydrogen-bond donors (Lipinski definition) is 1. The largest absolute Gasteiger partial charge is 0.354 e. The van der Waals surface area contributed by atoms with E-state index in [0.29, 0.717) is 18.2 Å². The van der Waals surface area contributed by atoms with Crippen molar-refractivity contribution in [2.45, 2.75) is 33.2 Å². The number of hydrogen-bond acceptors (Lipinski definition) is 5. The van der Waals surface area contributed by atoms with E-state index in [9.17, 15) is 4.79 Å². The highest BCUT2D eigenvalue weighted by Gasteiger charge is 2.27. The first kappa shape index (κ1) is 20.3. The molecule has 3 heterocycles. The van der Waals surface area contributed by atoms with Crippen LogP contribution in [0.3, 0.4) is 0 Å². The minimum Gasteiger partial charge on any atom is -0.354 e. The molecule has 1 unspecified atom stereocenters. The summed E-state index contributed by atoms with van der Waals surface area (Å²) in [6, 6.07) is 13.6. The second kappa shape index (κ2) is 8.83. The Balaban J connectivity index is 1.41. The van der Waals surface area contributed by atoms with Gasteiger partial charge in [-0.1, -0.05) is 29.8 Å². The van der Waals surface area contributed by atoms with Crippen molar-refractivity contribution in [1.29, 1.82) is 0 Å². The maximum atomic E-state index is 12.9. The molecule has 0 aliphatic carbocycles. The molecule has 4 rings (SSSR count). The molecule has 1 fully saturated rings. The van der Waals surface area contributed by atoms with Crippen LogP contribution in [-0.2, 0) is 11.3 Å². The number of para-hydroxylation sites is 1. The first-order valence-corrected chi connectivity index (χ1v) is 10.5. The van der Waals surface area contributed by atoms with Gasteiger partial charge in [-0.2, -0.15) is 5.10 Å². The van der Waals surface area contributed by atoms with E-state index in [-0.39, 0.29) is 11.8 Å². The van der Waals surface area contributed by atoms with Crippen LogP contribution < -0.4 is 10.2 Å². The average molecular weight is 425 g/mol. The van der Waals surface area contributed by atoms with Crippen molar-refractivity contribution in [2.24, 2.45) is 5.92 Å². The van der Waals surface area contributed by atoms with Gasteiger partial charge in [-0.3, -0.25) is 4.79 Å². The lowest BCUT2D eigenvalue weighted by Crippen LogP contribution is -2.43. The van der Waals surface area contributed by atoms with E-state index in [2.05, 4.69) is 25.5 Å². The number of carbonyl (C=O) groups is 1. The fraction of sp³-hybridized carbons (Fsp3) is 0.364. The Labute approximate surface area is 181 Å². The highest BCUT2D eigenvalue weighted by atomic mass is 35.5. The van der Waals surface area contributed by atoms with Crippen molar-refractivity contribution >= 4 is 23.3 Å². The van der Waals surface area contributed by atoms with Gasteiger partial charge in [0.15, 0.2) is 11.0 Å². The second-order valence-corrected chi connectivity index (χ2v) is 8.00. The number of rotatable bonds is 5. The highest BCUT2D eigenvalue weighted by molar-refractivity contribution is 6.29. The fourth-order valence-corrected chi connectivity index (χ4v) is 4.05. The summed E-state index contributed by atoms with van der Waals surface area (Å²) in [5, 5.41) is 16.2. The van der Waals surface area contributed by atoms with Gasteiger partial charge in [0.2, 0.25) is 5.91 Å². The molecule has 0 radical (unpaired) electrons. The number of benzene rings is 1. The zero-order valence-corrected chi connectivity index (χ0v) is 17.9. The molecular weight excluding hydrogens is 400 g/mol. The highest BCUT2D eigenvalue weighted by Crippen LogP contribution is 2.23. The van der Waals surface area contributed by atoms with E-state index in [1.807, 2.05) is 54.9 Å². The summed E-state index contributed by atoms with van der Waals surface area (Å²) in [4.78, 5) is 15.0. The summed E-state index contributed by atoms with van der Waals surface area (Å²) in [7, 11) is 0. The molecule has 0 saturated carbocycles. The number of halogens is 1. The number of aromatic nitrogens is 4. The number of aryl methyl sites for hydroxylation is 1. The van der Waals surface area contributed by atoms with E-state index in [0.717, 1.165) is 47.8 Å². The van der Waals surface area contributed by atoms with E-state index >= 15 is 0 Å². The van der Waals surface area contributed by atoms with Crippen molar-refractivity contribution < 1.29 is 4.79 Å². The summed E-state index contributed by atoms with van der Waals surface area (Å²) in [6.07, 6.45) is 1.80. The van der Waals surface area contributed by atoms with Crippen LogP contribution in [0.1, 0.15) is 29.8 Å². The van der Waals surface area contributed by atoms with Crippen molar-refractivity contribution in [3.63, 3.8) is 0 Å². The van der Waals surface area contributed by atoms with E-state index in [1.165, 1.54) is 0 Å². The molecule has 0 spiro atoms. The number of nitrogens with one attached hydrogen (secondary N) is 1. The van der Waals surface area contributed by atoms with Gasteiger partial charge in [0.05, 0.1) is 17.3 Å². The molecule has 1 aliphatic rings. The minimum atomic E-state index is -0.0824. The molecule has 1 aromatic carbocycles. The van der Waals surface area contributed by atoms with Crippen LogP contribution in [0.25, 0.3) is 5.69 Å². The van der Waals surface area contributed by atoms with Crippen LogP contribution in [0.2, 0.25) is 5.15 Å². The molecule has 156 valence electrons. The van der Waals surface area contributed by atoms with Gasteiger partial charge in [0.1, 0.15) is 0 Å². The molecule has 1 amide bonds. The lowest BCUT2D eigenvalue weighted by Gasteiger charge is -2.32. The molecule has 8 heteroatoms. The molecule has 2 aromatic heterocycles. The van der Waals surface area contributed by atoms with Crippen molar-refractivity contribution in [1.82, 2.24) is 25.3 Å². The first-order valence-electron chi connectivity index (χ1n) is 10.2.